The summed E-state index contributed by atoms with van der Waals surface area (Å²) in [5.74, 6) is 0.321. The molecule has 21 heavy (non-hydrogen) atoms. The molecule has 0 N–H and O–H groups in total. The molecule has 2 aromatic rings. The number of benzene rings is 2. The molecule has 108 valence electrons. The SMILES string of the molecule is COc1ccccc1C(=O)CCC(=O)c1cccc(Cl)c1. The van der Waals surface area contributed by atoms with Gasteiger partial charge in [-0.2, -0.15) is 0 Å². The van der Waals surface area contributed by atoms with Gasteiger partial charge < -0.3 is 4.74 Å². The number of hydrogen-bond donors (Lipinski definition) is 0. The Labute approximate surface area is 128 Å². The first-order valence-corrected chi connectivity index (χ1v) is 6.94. The third-order valence-corrected chi connectivity index (χ3v) is 3.37. The van der Waals surface area contributed by atoms with Gasteiger partial charge in [0.1, 0.15) is 5.75 Å². The van der Waals surface area contributed by atoms with Gasteiger partial charge in [0, 0.05) is 23.4 Å². The lowest BCUT2D eigenvalue weighted by atomic mass is 10.0. The topological polar surface area (TPSA) is 43.4 Å². The second kappa shape index (κ2) is 7.04. The summed E-state index contributed by atoms with van der Waals surface area (Å²) in [7, 11) is 1.52. The fraction of sp³-hybridized carbons (Fsp3) is 0.176. The van der Waals surface area contributed by atoms with Crippen LogP contribution in [0.5, 0.6) is 5.75 Å². The number of carbonyl (C=O) groups is 2. The first-order valence-electron chi connectivity index (χ1n) is 6.57. The molecular weight excluding hydrogens is 288 g/mol. The molecule has 0 aromatic heterocycles. The lowest BCUT2D eigenvalue weighted by Gasteiger charge is -2.07. The quantitative estimate of drug-likeness (QED) is 0.751. The van der Waals surface area contributed by atoms with Crippen molar-refractivity contribution in [3.63, 3.8) is 0 Å². The minimum Gasteiger partial charge on any atom is -0.496 e. The second-order valence-corrected chi connectivity index (χ2v) is 4.99. The molecule has 0 aliphatic rings. The average molecular weight is 303 g/mol. The zero-order valence-electron chi connectivity index (χ0n) is 11.6. The molecule has 0 radical (unpaired) electrons. The highest BCUT2D eigenvalue weighted by Gasteiger charge is 2.14. The van der Waals surface area contributed by atoms with Gasteiger partial charge in [0.25, 0.3) is 0 Å². The van der Waals surface area contributed by atoms with Crippen LogP contribution in [0.25, 0.3) is 0 Å². The van der Waals surface area contributed by atoms with Crippen LogP contribution in [0.2, 0.25) is 5.02 Å². The van der Waals surface area contributed by atoms with Gasteiger partial charge in [0.15, 0.2) is 11.6 Å². The highest BCUT2D eigenvalue weighted by molar-refractivity contribution is 6.31. The molecule has 0 atom stereocenters. The van der Waals surface area contributed by atoms with Crippen molar-refractivity contribution >= 4 is 23.2 Å². The number of hydrogen-bond acceptors (Lipinski definition) is 3. The monoisotopic (exact) mass is 302 g/mol. The summed E-state index contributed by atoms with van der Waals surface area (Å²) in [5, 5.41) is 0.511. The number of halogens is 1. The van der Waals surface area contributed by atoms with Gasteiger partial charge in [-0.3, -0.25) is 9.59 Å². The number of methoxy groups -OCH3 is 1. The molecule has 0 aliphatic carbocycles. The first-order chi connectivity index (χ1) is 10.1. The highest BCUT2D eigenvalue weighted by Crippen LogP contribution is 2.20. The average Bonchev–Trinajstić information content (AvgIpc) is 2.52. The van der Waals surface area contributed by atoms with Gasteiger partial charge in [-0.15, -0.1) is 0 Å². The van der Waals surface area contributed by atoms with E-state index < -0.39 is 0 Å². The van der Waals surface area contributed by atoms with Crippen molar-refractivity contribution in [3.8, 4) is 5.75 Å². The number of ketones is 2. The van der Waals surface area contributed by atoms with E-state index in [0.29, 0.717) is 21.9 Å². The molecule has 4 heteroatoms. The van der Waals surface area contributed by atoms with Gasteiger partial charge in [0.05, 0.1) is 12.7 Å². The highest BCUT2D eigenvalue weighted by atomic mass is 35.5. The third-order valence-electron chi connectivity index (χ3n) is 3.13. The van der Waals surface area contributed by atoms with E-state index in [1.54, 1.807) is 48.5 Å². The second-order valence-electron chi connectivity index (χ2n) is 4.56. The van der Waals surface area contributed by atoms with Crippen LogP contribution in [0.15, 0.2) is 48.5 Å². The van der Waals surface area contributed by atoms with Crippen molar-refractivity contribution in [2.45, 2.75) is 12.8 Å². The maximum absolute atomic E-state index is 12.2. The van der Waals surface area contributed by atoms with Crippen LogP contribution < -0.4 is 4.74 Å². The van der Waals surface area contributed by atoms with Crippen LogP contribution >= 0.6 is 11.6 Å². The van der Waals surface area contributed by atoms with Gasteiger partial charge >= 0.3 is 0 Å². The van der Waals surface area contributed by atoms with Crippen LogP contribution in [0.1, 0.15) is 33.6 Å². The third kappa shape index (κ3) is 3.92. The van der Waals surface area contributed by atoms with E-state index in [4.69, 9.17) is 16.3 Å². The molecular formula is C17H15ClO3. The summed E-state index contributed by atoms with van der Waals surface area (Å²) in [4.78, 5) is 24.2. The molecule has 0 fully saturated rings. The standard InChI is InChI=1S/C17H15ClO3/c1-21-17-8-3-2-7-14(17)16(20)10-9-15(19)12-5-4-6-13(18)11-12/h2-8,11H,9-10H2,1H3. The zero-order chi connectivity index (χ0) is 15.2. The van der Waals surface area contributed by atoms with E-state index in [-0.39, 0.29) is 24.4 Å². The molecule has 0 saturated heterocycles. The zero-order valence-corrected chi connectivity index (χ0v) is 12.4. The predicted molar refractivity (Wildman–Crippen MR) is 82.3 cm³/mol. The first kappa shape index (κ1) is 15.3. The predicted octanol–water partition coefficient (Wildman–Crippen LogP) is 4.19. The van der Waals surface area contributed by atoms with E-state index in [2.05, 4.69) is 0 Å². The van der Waals surface area contributed by atoms with Crippen molar-refractivity contribution in [1.29, 1.82) is 0 Å². The van der Waals surface area contributed by atoms with Crippen LogP contribution in [0, 0.1) is 0 Å². The Hall–Kier alpha value is -2.13. The summed E-state index contributed by atoms with van der Waals surface area (Å²) in [5.41, 5.74) is 1.02. The van der Waals surface area contributed by atoms with Gasteiger partial charge in [-0.05, 0) is 24.3 Å². The minimum absolute atomic E-state index is 0.0965. The molecule has 2 aromatic carbocycles. The minimum atomic E-state index is -0.108. The Morgan fingerprint density at radius 1 is 1.00 bits per heavy atom. The van der Waals surface area contributed by atoms with E-state index in [1.807, 2.05) is 0 Å². The Morgan fingerprint density at radius 2 is 1.71 bits per heavy atom. The lowest BCUT2D eigenvalue weighted by molar-refractivity contribution is 0.0916. The Morgan fingerprint density at radius 3 is 2.43 bits per heavy atom. The van der Waals surface area contributed by atoms with E-state index in [9.17, 15) is 9.59 Å². The van der Waals surface area contributed by atoms with Crippen LogP contribution in [-0.4, -0.2) is 18.7 Å². The number of carbonyl (C=O) groups excluding carboxylic acids is 2. The largest absolute Gasteiger partial charge is 0.496 e. The Kier molecular flexibility index (Phi) is 5.12. The van der Waals surface area contributed by atoms with Crippen molar-refractivity contribution in [1.82, 2.24) is 0 Å². The number of Topliss-reactive ketones (excluding diaryl/α,β-unsaturated/α-hetero) is 2. The maximum atomic E-state index is 12.2. The molecule has 0 spiro atoms. The number of rotatable bonds is 6. The van der Waals surface area contributed by atoms with Crippen molar-refractivity contribution in [3.05, 3.63) is 64.7 Å². The number of para-hydroxylation sites is 1. The van der Waals surface area contributed by atoms with Crippen LogP contribution in [0.3, 0.4) is 0 Å². The molecule has 2 rings (SSSR count). The molecule has 0 heterocycles. The summed E-state index contributed by atoms with van der Waals surface area (Å²) in [6.45, 7) is 0. The summed E-state index contributed by atoms with van der Waals surface area (Å²) in [6.07, 6.45) is 0.295. The van der Waals surface area contributed by atoms with Gasteiger partial charge in [-0.1, -0.05) is 35.9 Å². The Balaban J connectivity index is 2.02. The number of ether oxygens (including phenoxy) is 1. The lowest BCUT2D eigenvalue weighted by Crippen LogP contribution is -2.06. The maximum Gasteiger partial charge on any atom is 0.167 e. The summed E-state index contributed by atoms with van der Waals surface area (Å²) >= 11 is 5.85. The normalized spacial score (nSPS) is 10.2. The molecule has 0 unspecified atom stereocenters. The van der Waals surface area contributed by atoms with Crippen molar-refractivity contribution in [2.24, 2.45) is 0 Å². The van der Waals surface area contributed by atoms with Gasteiger partial charge in [0.2, 0.25) is 0 Å². The fourth-order valence-electron chi connectivity index (χ4n) is 2.04. The summed E-state index contributed by atoms with van der Waals surface area (Å²) in [6, 6.07) is 13.7. The molecule has 0 aliphatic heterocycles. The molecule has 0 amide bonds. The van der Waals surface area contributed by atoms with E-state index in [1.165, 1.54) is 7.11 Å². The van der Waals surface area contributed by atoms with Crippen molar-refractivity contribution < 1.29 is 14.3 Å². The Bertz CT molecular complexity index is 665. The smallest absolute Gasteiger partial charge is 0.167 e. The van der Waals surface area contributed by atoms with E-state index in [0.717, 1.165) is 0 Å². The van der Waals surface area contributed by atoms with Crippen LogP contribution in [0.4, 0.5) is 0 Å². The van der Waals surface area contributed by atoms with Gasteiger partial charge in [-0.25, -0.2) is 0 Å². The van der Waals surface area contributed by atoms with Crippen molar-refractivity contribution in [2.75, 3.05) is 7.11 Å². The fourth-order valence-corrected chi connectivity index (χ4v) is 2.23. The molecule has 0 bridgehead atoms. The van der Waals surface area contributed by atoms with E-state index >= 15 is 0 Å². The molecule has 0 saturated carbocycles. The molecule has 3 nitrogen and oxygen atoms in total. The van der Waals surface area contributed by atoms with Crippen LogP contribution in [-0.2, 0) is 0 Å². The summed E-state index contributed by atoms with van der Waals surface area (Å²) < 4.78 is 5.15.